The van der Waals surface area contributed by atoms with Gasteiger partial charge in [-0.2, -0.15) is 9.98 Å². The summed E-state index contributed by atoms with van der Waals surface area (Å²) in [6, 6.07) is 17.4. The fourth-order valence-corrected chi connectivity index (χ4v) is 3.39. The van der Waals surface area contributed by atoms with Crippen LogP contribution in [0.4, 0.5) is 5.69 Å². The Kier molecular flexibility index (Phi) is 7.85. The minimum atomic E-state index is -1.12. The Balaban J connectivity index is 1.87. The fourth-order valence-electron chi connectivity index (χ4n) is 3.39. The van der Waals surface area contributed by atoms with Crippen molar-refractivity contribution in [2.75, 3.05) is 18.6 Å². The quantitative estimate of drug-likeness (QED) is 0.644. The molecule has 30 heavy (non-hydrogen) atoms. The molecule has 2 aromatic carbocycles. The summed E-state index contributed by atoms with van der Waals surface area (Å²) in [5.74, 6) is 1.80. The van der Waals surface area contributed by atoms with Gasteiger partial charge in [0, 0.05) is 11.3 Å². The third kappa shape index (κ3) is 5.39. The molecule has 6 heteroatoms. The molecule has 2 unspecified atom stereocenters. The van der Waals surface area contributed by atoms with Crippen LogP contribution in [0.2, 0.25) is 0 Å². The van der Waals surface area contributed by atoms with Gasteiger partial charge in [-0.05, 0) is 48.7 Å². The summed E-state index contributed by atoms with van der Waals surface area (Å²) in [6.45, 7) is 4.91. The number of hydrogen-bond donors (Lipinski definition) is 1. The molecule has 1 aliphatic rings. The summed E-state index contributed by atoms with van der Waals surface area (Å²) in [5.41, 5.74) is 1.64. The SMILES string of the molecule is CCCCC(CC)COC1=NC(O)N(c2ccccc2)C(c2ccc(OC)cc2)=N1. The van der Waals surface area contributed by atoms with E-state index in [1.165, 1.54) is 12.8 Å². The number of aliphatic hydroxyl groups excluding tert-OH is 1. The van der Waals surface area contributed by atoms with Gasteiger partial charge in [-0.3, -0.25) is 4.90 Å². The Bertz CT molecular complexity index is 850. The Morgan fingerprint density at radius 2 is 1.80 bits per heavy atom. The minimum absolute atomic E-state index is 0.218. The molecule has 2 atom stereocenters. The number of aliphatic hydroxyl groups is 1. The number of benzene rings is 2. The van der Waals surface area contributed by atoms with Crippen LogP contribution in [-0.2, 0) is 4.74 Å². The number of amidine groups is 2. The molecule has 0 amide bonds. The molecule has 1 N–H and O–H groups in total. The molecule has 0 radical (unpaired) electrons. The van der Waals surface area contributed by atoms with Gasteiger partial charge in [0.25, 0.3) is 0 Å². The molecule has 1 heterocycles. The molecule has 0 saturated carbocycles. The molecule has 0 spiro atoms. The Morgan fingerprint density at radius 1 is 1.07 bits per heavy atom. The molecule has 1 aliphatic heterocycles. The first-order valence-corrected chi connectivity index (χ1v) is 10.6. The maximum Gasteiger partial charge on any atom is 0.317 e. The van der Waals surface area contributed by atoms with Crippen LogP contribution in [0.1, 0.15) is 45.1 Å². The number of anilines is 1. The van der Waals surface area contributed by atoms with Gasteiger partial charge in [0.2, 0.25) is 6.35 Å². The molecular formula is C24H31N3O3. The lowest BCUT2D eigenvalue weighted by molar-refractivity contribution is 0.174. The lowest BCUT2D eigenvalue weighted by Gasteiger charge is -2.32. The third-order valence-corrected chi connectivity index (χ3v) is 5.26. The first-order chi connectivity index (χ1) is 14.7. The smallest absolute Gasteiger partial charge is 0.317 e. The normalized spacial score (nSPS) is 17.2. The molecule has 160 valence electrons. The standard InChI is InChI=1S/C24H31N3O3/c1-4-6-10-18(5-2)17-30-23-25-22(19-13-15-21(29-3)16-14-19)27(24(28)26-23)20-11-8-7-9-12-20/h7-9,11-16,18,24,28H,4-6,10,17H2,1-3H3. The second-order valence-corrected chi connectivity index (χ2v) is 7.36. The van der Waals surface area contributed by atoms with Crippen molar-refractivity contribution in [2.45, 2.75) is 45.9 Å². The van der Waals surface area contributed by atoms with Crippen LogP contribution in [0.3, 0.4) is 0 Å². The van der Waals surface area contributed by atoms with Crippen molar-refractivity contribution in [1.29, 1.82) is 0 Å². The van der Waals surface area contributed by atoms with Crippen LogP contribution >= 0.6 is 0 Å². The Morgan fingerprint density at radius 3 is 2.43 bits per heavy atom. The van der Waals surface area contributed by atoms with E-state index in [0.29, 0.717) is 18.4 Å². The molecule has 0 saturated heterocycles. The fraction of sp³-hybridized carbons (Fsp3) is 0.417. The van der Waals surface area contributed by atoms with E-state index in [1.54, 1.807) is 12.0 Å². The van der Waals surface area contributed by atoms with Crippen molar-refractivity contribution in [3.8, 4) is 5.75 Å². The highest BCUT2D eigenvalue weighted by molar-refractivity contribution is 6.15. The minimum Gasteiger partial charge on any atom is -0.497 e. The summed E-state index contributed by atoms with van der Waals surface area (Å²) in [7, 11) is 1.63. The van der Waals surface area contributed by atoms with Gasteiger partial charge in [-0.25, -0.2) is 0 Å². The molecule has 0 bridgehead atoms. The highest BCUT2D eigenvalue weighted by Gasteiger charge is 2.28. The van der Waals surface area contributed by atoms with E-state index < -0.39 is 6.35 Å². The van der Waals surface area contributed by atoms with Crippen molar-refractivity contribution < 1.29 is 14.6 Å². The highest BCUT2D eigenvalue weighted by atomic mass is 16.5. The third-order valence-electron chi connectivity index (χ3n) is 5.26. The van der Waals surface area contributed by atoms with Gasteiger partial charge in [0.05, 0.1) is 13.7 Å². The summed E-state index contributed by atoms with van der Waals surface area (Å²) in [6.07, 6.45) is 3.39. The monoisotopic (exact) mass is 409 g/mol. The maximum atomic E-state index is 10.8. The number of methoxy groups -OCH3 is 1. The van der Waals surface area contributed by atoms with Gasteiger partial charge in [0.15, 0.2) is 0 Å². The van der Waals surface area contributed by atoms with Gasteiger partial charge in [0.1, 0.15) is 11.6 Å². The summed E-state index contributed by atoms with van der Waals surface area (Å²) >= 11 is 0. The lowest BCUT2D eigenvalue weighted by Crippen LogP contribution is -2.44. The van der Waals surface area contributed by atoms with Crippen LogP contribution in [-0.4, -0.2) is 37.0 Å². The van der Waals surface area contributed by atoms with Crippen molar-refractivity contribution in [2.24, 2.45) is 15.9 Å². The van der Waals surface area contributed by atoms with E-state index in [4.69, 9.17) is 9.47 Å². The number of rotatable bonds is 9. The van der Waals surface area contributed by atoms with E-state index in [-0.39, 0.29) is 6.02 Å². The first-order valence-electron chi connectivity index (χ1n) is 10.6. The van der Waals surface area contributed by atoms with E-state index in [9.17, 15) is 5.11 Å². The van der Waals surface area contributed by atoms with Crippen LogP contribution in [0.5, 0.6) is 5.75 Å². The van der Waals surface area contributed by atoms with Gasteiger partial charge < -0.3 is 14.6 Å². The number of nitrogens with zero attached hydrogens (tertiary/aromatic N) is 3. The maximum absolute atomic E-state index is 10.8. The predicted molar refractivity (Wildman–Crippen MR) is 121 cm³/mol. The van der Waals surface area contributed by atoms with Crippen LogP contribution < -0.4 is 9.64 Å². The Labute approximate surface area is 178 Å². The van der Waals surface area contributed by atoms with Crippen LogP contribution in [0.25, 0.3) is 0 Å². The zero-order valence-electron chi connectivity index (χ0n) is 18.0. The molecule has 0 fully saturated rings. The average Bonchev–Trinajstić information content (AvgIpc) is 2.79. The van der Waals surface area contributed by atoms with Crippen molar-refractivity contribution >= 4 is 17.5 Å². The topological polar surface area (TPSA) is 66.7 Å². The number of aliphatic imine (C=N–C) groups is 2. The van der Waals surface area contributed by atoms with Gasteiger partial charge in [-0.1, -0.05) is 51.3 Å². The zero-order valence-corrected chi connectivity index (χ0v) is 18.0. The second-order valence-electron chi connectivity index (χ2n) is 7.36. The molecule has 0 aromatic heterocycles. The molecular weight excluding hydrogens is 378 g/mol. The number of para-hydroxylation sites is 1. The molecule has 0 aliphatic carbocycles. The van der Waals surface area contributed by atoms with Gasteiger partial charge in [-0.15, -0.1) is 0 Å². The highest BCUT2D eigenvalue weighted by Crippen LogP contribution is 2.25. The largest absolute Gasteiger partial charge is 0.497 e. The second kappa shape index (κ2) is 10.8. The summed E-state index contributed by atoms with van der Waals surface area (Å²) in [5, 5.41) is 10.8. The van der Waals surface area contributed by atoms with Crippen molar-refractivity contribution in [3.63, 3.8) is 0 Å². The van der Waals surface area contributed by atoms with E-state index in [0.717, 1.165) is 29.8 Å². The number of hydrogen-bond acceptors (Lipinski definition) is 6. The van der Waals surface area contributed by atoms with Gasteiger partial charge >= 0.3 is 6.02 Å². The number of unbranched alkanes of at least 4 members (excludes halogenated alkanes) is 1. The molecule has 3 rings (SSSR count). The average molecular weight is 410 g/mol. The van der Waals surface area contributed by atoms with E-state index in [2.05, 4.69) is 23.8 Å². The predicted octanol–water partition coefficient (Wildman–Crippen LogP) is 4.83. The number of ether oxygens (including phenoxy) is 2. The van der Waals surface area contributed by atoms with E-state index in [1.807, 2.05) is 54.6 Å². The molecule has 2 aromatic rings. The zero-order chi connectivity index (χ0) is 21.3. The Hall–Kier alpha value is -2.86. The first kappa shape index (κ1) is 21.8. The molecule has 6 nitrogen and oxygen atoms in total. The summed E-state index contributed by atoms with van der Waals surface area (Å²) in [4.78, 5) is 10.7. The van der Waals surface area contributed by atoms with Crippen LogP contribution in [0, 0.1) is 5.92 Å². The van der Waals surface area contributed by atoms with E-state index >= 15 is 0 Å². The van der Waals surface area contributed by atoms with Crippen molar-refractivity contribution in [3.05, 3.63) is 60.2 Å². The van der Waals surface area contributed by atoms with Crippen molar-refractivity contribution in [1.82, 2.24) is 0 Å². The summed E-state index contributed by atoms with van der Waals surface area (Å²) < 4.78 is 11.2. The van der Waals surface area contributed by atoms with Crippen LogP contribution in [0.15, 0.2) is 64.6 Å². The lowest BCUT2D eigenvalue weighted by atomic mass is 10.0.